The van der Waals surface area contributed by atoms with Gasteiger partial charge in [0.25, 0.3) is 5.91 Å². The normalized spacial score (nSPS) is 37.3. The molecule has 5 N–H and O–H groups in total. The maximum Gasteiger partial charge on any atom is 0.264 e. The third kappa shape index (κ3) is 2.62. The summed E-state index contributed by atoms with van der Waals surface area (Å²) in [7, 11) is 0. The SMILES string of the molecule is O=C1C=C(C2CCC3NNNC3C2)NC2C(c3cccnc3)CNN12. The Bertz CT molecular complexity index is 693. The van der Waals surface area contributed by atoms with Gasteiger partial charge in [0, 0.05) is 54.6 Å². The van der Waals surface area contributed by atoms with E-state index in [0.29, 0.717) is 18.0 Å². The fraction of sp³-hybridized carbons (Fsp3) is 0.529. The maximum atomic E-state index is 12.6. The zero-order valence-electron chi connectivity index (χ0n) is 13.9. The van der Waals surface area contributed by atoms with Crippen LogP contribution in [0.15, 0.2) is 36.3 Å². The number of hydrazine groups is 3. The standard InChI is InChI=1S/C17H23N7O/c25-16-7-14(10-3-4-13-15(6-10)22-23-21-13)20-17-12(9-19-24(16)17)11-2-1-5-18-8-11/h1-2,5,7-8,10,12-13,15,17,19-23H,3-4,6,9H2. The van der Waals surface area contributed by atoms with Gasteiger partial charge in [-0.15, -0.1) is 0 Å². The smallest absolute Gasteiger partial charge is 0.264 e. The fourth-order valence-electron chi connectivity index (χ4n) is 4.53. The van der Waals surface area contributed by atoms with E-state index in [4.69, 9.17) is 0 Å². The molecule has 3 aliphatic heterocycles. The molecule has 1 amide bonds. The highest BCUT2D eigenvalue weighted by molar-refractivity contribution is 5.89. The van der Waals surface area contributed by atoms with Crippen LogP contribution in [-0.4, -0.2) is 40.7 Å². The zero-order chi connectivity index (χ0) is 16.8. The van der Waals surface area contributed by atoms with Crippen LogP contribution in [0.2, 0.25) is 0 Å². The second kappa shape index (κ2) is 6.06. The molecule has 1 aromatic rings. The van der Waals surface area contributed by atoms with Gasteiger partial charge in [-0.1, -0.05) is 6.07 Å². The molecular formula is C17H23N7O. The second-order valence-corrected chi connectivity index (χ2v) is 7.29. The Morgan fingerprint density at radius 3 is 3.00 bits per heavy atom. The minimum absolute atomic E-state index is 0.0443. The van der Waals surface area contributed by atoms with Crippen LogP contribution in [0.1, 0.15) is 30.7 Å². The molecule has 8 heteroatoms. The van der Waals surface area contributed by atoms with Crippen LogP contribution in [0, 0.1) is 5.92 Å². The Labute approximate surface area is 146 Å². The molecule has 5 atom stereocenters. The second-order valence-electron chi connectivity index (χ2n) is 7.29. The van der Waals surface area contributed by atoms with Gasteiger partial charge in [-0.25, -0.2) is 16.3 Å². The molecule has 5 rings (SSSR count). The van der Waals surface area contributed by atoms with Crippen molar-refractivity contribution in [3.63, 3.8) is 0 Å². The number of carbonyl (C=O) groups is 1. The number of aromatic nitrogens is 1. The van der Waals surface area contributed by atoms with Gasteiger partial charge in [0.15, 0.2) is 0 Å². The predicted molar refractivity (Wildman–Crippen MR) is 91.2 cm³/mol. The number of nitrogens with one attached hydrogen (secondary N) is 5. The van der Waals surface area contributed by atoms with Crippen molar-refractivity contribution in [3.8, 4) is 0 Å². The average molecular weight is 341 g/mol. The third-order valence-electron chi connectivity index (χ3n) is 5.89. The summed E-state index contributed by atoms with van der Waals surface area (Å²) in [5.41, 5.74) is 15.0. The summed E-state index contributed by atoms with van der Waals surface area (Å²) in [5.74, 6) is 0.630. The van der Waals surface area contributed by atoms with Gasteiger partial charge >= 0.3 is 0 Å². The number of allylic oxidation sites excluding steroid dienone is 1. The molecule has 2 saturated heterocycles. The van der Waals surface area contributed by atoms with E-state index in [2.05, 4.69) is 38.2 Å². The first-order chi connectivity index (χ1) is 12.3. The van der Waals surface area contributed by atoms with Crippen LogP contribution < -0.4 is 27.1 Å². The Hall–Kier alpha value is -2.00. The zero-order valence-corrected chi connectivity index (χ0v) is 13.9. The molecule has 8 nitrogen and oxygen atoms in total. The van der Waals surface area contributed by atoms with Gasteiger partial charge in [0.1, 0.15) is 6.17 Å². The van der Waals surface area contributed by atoms with E-state index in [0.717, 1.165) is 37.1 Å². The largest absolute Gasteiger partial charge is 0.366 e. The van der Waals surface area contributed by atoms with Crippen molar-refractivity contribution in [1.82, 2.24) is 37.1 Å². The van der Waals surface area contributed by atoms with E-state index in [-0.39, 0.29) is 18.0 Å². The summed E-state index contributed by atoms with van der Waals surface area (Å²) in [4.78, 5) is 16.9. The van der Waals surface area contributed by atoms with Crippen molar-refractivity contribution >= 4 is 5.91 Å². The molecule has 132 valence electrons. The van der Waals surface area contributed by atoms with E-state index >= 15 is 0 Å². The number of hydrogen-bond donors (Lipinski definition) is 5. The van der Waals surface area contributed by atoms with E-state index in [1.807, 2.05) is 12.3 Å². The summed E-state index contributed by atoms with van der Waals surface area (Å²) < 4.78 is 0. The molecule has 4 heterocycles. The van der Waals surface area contributed by atoms with Crippen molar-refractivity contribution in [1.29, 1.82) is 0 Å². The number of hydrogen-bond acceptors (Lipinski definition) is 7. The van der Waals surface area contributed by atoms with Gasteiger partial charge in [0.05, 0.1) is 0 Å². The maximum absolute atomic E-state index is 12.6. The average Bonchev–Trinajstić information content (AvgIpc) is 3.28. The van der Waals surface area contributed by atoms with Crippen LogP contribution >= 0.6 is 0 Å². The van der Waals surface area contributed by atoms with Crippen LogP contribution in [0.4, 0.5) is 0 Å². The Kier molecular flexibility index (Phi) is 3.70. The lowest BCUT2D eigenvalue weighted by molar-refractivity contribution is -0.131. The van der Waals surface area contributed by atoms with Crippen molar-refractivity contribution in [3.05, 3.63) is 41.9 Å². The van der Waals surface area contributed by atoms with Crippen molar-refractivity contribution in [2.24, 2.45) is 5.92 Å². The number of carbonyl (C=O) groups excluding carboxylic acids is 1. The molecule has 5 unspecified atom stereocenters. The van der Waals surface area contributed by atoms with Gasteiger partial charge in [-0.3, -0.25) is 14.8 Å². The Morgan fingerprint density at radius 2 is 2.12 bits per heavy atom. The third-order valence-corrected chi connectivity index (χ3v) is 5.89. The predicted octanol–water partition coefficient (Wildman–Crippen LogP) is -0.525. The van der Waals surface area contributed by atoms with E-state index in [9.17, 15) is 4.79 Å². The number of pyridine rings is 1. The molecule has 0 radical (unpaired) electrons. The summed E-state index contributed by atoms with van der Waals surface area (Å²) >= 11 is 0. The monoisotopic (exact) mass is 341 g/mol. The highest BCUT2D eigenvalue weighted by Gasteiger charge is 2.43. The van der Waals surface area contributed by atoms with Gasteiger partial charge in [0.2, 0.25) is 0 Å². The van der Waals surface area contributed by atoms with E-state index in [1.165, 1.54) is 0 Å². The molecule has 1 aromatic heterocycles. The summed E-state index contributed by atoms with van der Waals surface area (Å²) in [6, 6.07) is 4.92. The minimum Gasteiger partial charge on any atom is -0.366 e. The lowest BCUT2D eigenvalue weighted by Crippen LogP contribution is -2.54. The summed E-state index contributed by atoms with van der Waals surface area (Å²) in [5, 5.41) is 5.38. The van der Waals surface area contributed by atoms with Crippen molar-refractivity contribution in [2.75, 3.05) is 6.54 Å². The minimum atomic E-state index is -0.0535. The topological polar surface area (TPSA) is 93.3 Å². The van der Waals surface area contributed by atoms with Crippen LogP contribution in [0.3, 0.4) is 0 Å². The molecule has 0 spiro atoms. The highest BCUT2D eigenvalue weighted by Crippen LogP contribution is 2.35. The first-order valence-electron chi connectivity index (χ1n) is 9.00. The number of rotatable bonds is 2. The van der Waals surface area contributed by atoms with E-state index in [1.54, 1.807) is 17.3 Å². The molecule has 4 aliphatic rings. The first kappa shape index (κ1) is 15.3. The molecular weight excluding hydrogens is 318 g/mol. The van der Waals surface area contributed by atoms with Crippen molar-refractivity contribution in [2.45, 2.75) is 43.4 Å². The molecule has 1 aliphatic carbocycles. The molecule has 25 heavy (non-hydrogen) atoms. The number of nitrogens with zero attached hydrogens (tertiary/aromatic N) is 2. The lowest BCUT2D eigenvalue weighted by atomic mass is 9.80. The van der Waals surface area contributed by atoms with Gasteiger partial charge < -0.3 is 5.32 Å². The van der Waals surface area contributed by atoms with Gasteiger partial charge in [-0.2, -0.15) is 5.53 Å². The summed E-state index contributed by atoms with van der Waals surface area (Å²) in [6.45, 7) is 0.737. The van der Waals surface area contributed by atoms with Gasteiger partial charge in [-0.05, 0) is 30.9 Å². The fourth-order valence-corrected chi connectivity index (χ4v) is 4.53. The van der Waals surface area contributed by atoms with E-state index < -0.39 is 0 Å². The molecule has 0 bridgehead atoms. The Balaban J connectivity index is 1.37. The van der Waals surface area contributed by atoms with Crippen molar-refractivity contribution < 1.29 is 4.79 Å². The molecule has 3 fully saturated rings. The highest BCUT2D eigenvalue weighted by atomic mass is 16.2. The van der Waals surface area contributed by atoms with Crippen LogP contribution in [0.5, 0.6) is 0 Å². The van der Waals surface area contributed by atoms with Crippen LogP contribution in [0.25, 0.3) is 0 Å². The quantitative estimate of drug-likeness (QED) is 0.494. The molecule has 0 aromatic carbocycles. The molecule has 1 saturated carbocycles. The number of fused-ring (bicyclic) bond motifs is 2. The van der Waals surface area contributed by atoms with Crippen LogP contribution in [-0.2, 0) is 4.79 Å². The number of amides is 1. The lowest BCUT2D eigenvalue weighted by Gasteiger charge is -2.38. The Morgan fingerprint density at radius 1 is 1.20 bits per heavy atom. The first-order valence-corrected chi connectivity index (χ1v) is 9.00. The summed E-state index contributed by atoms with van der Waals surface area (Å²) in [6.07, 6.45) is 8.60.